The summed E-state index contributed by atoms with van der Waals surface area (Å²) in [5, 5.41) is 7.33. The Balaban J connectivity index is 1.65. The fourth-order valence-corrected chi connectivity index (χ4v) is 3.37. The van der Waals surface area contributed by atoms with E-state index >= 15 is 0 Å². The minimum absolute atomic E-state index is 0.0168. The minimum atomic E-state index is 0.0168. The van der Waals surface area contributed by atoms with Crippen LogP contribution >= 0.6 is 0 Å². The number of carbonyl (C=O) groups excluding carboxylic acids is 2. The molecule has 0 bridgehead atoms. The summed E-state index contributed by atoms with van der Waals surface area (Å²) in [6.07, 6.45) is 4.97. The van der Waals surface area contributed by atoms with E-state index in [1.165, 1.54) is 0 Å². The van der Waals surface area contributed by atoms with Gasteiger partial charge < -0.3 is 10.2 Å². The lowest BCUT2D eigenvalue weighted by Crippen LogP contribution is -2.49. The fourth-order valence-electron chi connectivity index (χ4n) is 3.37. The lowest BCUT2D eigenvalue weighted by Gasteiger charge is -2.33. The molecule has 2 heterocycles. The number of carbonyl (C=O) groups is 2. The molecule has 1 unspecified atom stereocenters. The first kappa shape index (κ1) is 18.2. The summed E-state index contributed by atoms with van der Waals surface area (Å²) < 4.78 is 1.84. The van der Waals surface area contributed by atoms with Gasteiger partial charge in [-0.3, -0.25) is 9.59 Å². The molecule has 6 nitrogen and oxygen atoms in total. The van der Waals surface area contributed by atoms with Crippen LogP contribution in [-0.2, 0) is 4.79 Å². The molecule has 138 valence electrons. The Labute approximate surface area is 154 Å². The van der Waals surface area contributed by atoms with Gasteiger partial charge >= 0.3 is 0 Å². The second kappa shape index (κ2) is 8.17. The van der Waals surface area contributed by atoms with E-state index in [0.29, 0.717) is 18.5 Å². The number of rotatable bonds is 5. The predicted octanol–water partition coefficient (Wildman–Crippen LogP) is 2.70. The van der Waals surface area contributed by atoms with Gasteiger partial charge in [-0.2, -0.15) is 5.10 Å². The van der Waals surface area contributed by atoms with Crippen LogP contribution in [0.4, 0.5) is 0 Å². The van der Waals surface area contributed by atoms with Crippen molar-refractivity contribution < 1.29 is 9.59 Å². The van der Waals surface area contributed by atoms with E-state index in [-0.39, 0.29) is 17.9 Å². The first-order valence-electron chi connectivity index (χ1n) is 9.28. The lowest BCUT2D eigenvalue weighted by molar-refractivity contribution is -0.122. The summed E-state index contributed by atoms with van der Waals surface area (Å²) in [5.41, 5.74) is 2.65. The SMILES string of the molecule is CCCC(=O)NC1CCCN(C(=O)c2ccc(-n3nccc3C)cc2)C1. The van der Waals surface area contributed by atoms with Crippen LogP contribution in [-0.4, -0.2) is 45.6 Å². The molecular formula is C20H26N4O2. The monoisotopic (exact) mass is 354 g/mol. The smallest absolute Gasteiger partial charge is 0.253 e. The van der Waals surface area contributed by atoms with E-state index in [1.807, 2.05) is 53.8 Å². The summed E-state index contributed by atoms with van der Waals surface area (Å²) in [6.45, 7) is 5.30. The van der Waals surface area contributed by atoms with Crippen LogP contribution in [0.1, 0.15) is 48.7 Å². The van der Waals surface area contributed by atoms with Crippen LogP contribution < -0.4 is 5.32 Å². The van der Waals surface area contributed by atoms with E-state index in [1.54, 1.807) is 6.20 Å². The van der Waals surface area contributed by atoms with Crippen molar-refractivity contribution in [1.29, 1.82) is 0 Å². The molecule has 0 saturated carbocycles. The molecule has 0 radical (unpaired) electrons. The zero-order valence-electron chi connectivity index (χ0n) is 15.4. The molecule has 1 N–H and O–H groups in total. The molecule has 2 aromatic rings. The van der Waals surface area contributed by atoms with E-state index < -0.39 is 0 Å². The normalized spacial score (nSPS) is 17.2. The number of aryl methyl sites for hydroxylation is 1. The number of likely N-dealkylation sites (tertiary alicyclic amines) is 1. The highest BCUT2D eigenvalue weighted by Gasteiger charge is 2.25. The molecule has 2 amide bonds. The summed E-state index contributed by atoms with van der Waals surface area (Å²) >= 11 is 0. The zero-order valence-corrected chi connectivity index (χ0v) is 15.4. The van der Waals surface area contributed by atoms with Gasteiger partial charge in [-0.25, -0.2) is 4.68 Å². The van der Waals surface area contributed by atoms with E-state index in [0.717, 1.165) is 37.2 Å². The molecule has 6 heteroatoms. The van der Waals surface area contributed by atoms with Gasteiger partial charge in [-0.15, -0.1) is 0 Å². The van der Waals surface area contributed by atoms with Crippen molar-refractivity contribution in [1.82, 2.24) is 20.0 Å². The molecular weight excluding hydrogens is 328 g/mol. The summed E-state index contributed by atoms with van der Waals surface area (Å²) in [5.74, 6) is 0.0916. The van der Waals surface area contributed by atoms with E-state index in [9.17, 15) is 9.59 Å². The number of aromatic nitrogens is 2. The van der Waals surface area contributed by atoms with Crippen LogP contribution in [0.15, 0.2) is 36.5 Å². The summed E-state index contributed by atoms with van der Waals surface area (Å²) in [4.78, 5) is 26.5. The Morgan fingerprint density at radius 2 is 2.00 bits per heavy atom. The Morgan fingerprint density at radius 3 is 2.65 bits per heavy atom. The van der Waals surface area contributed by atoms with Crippen molar-refractivity contribution in [3.05, 3.63) is 47.8 Å². The lowest BCUT2D eigenvalue weighted by atomic mass is 10.0. The Kier molecular flexibility index (Phi) is 5.71. The number of amides is 2. The van der Waals surface area contributed by atoms with Crippen LogP contribution in [0.5, 0.6) is 0 Å². The van der Waals surface area contributed by atoms with Crippen LogP contribution in [0.3, 0.4) is 0 Å². The summed E-state index contributed by atoms with van der Waals surface area (Å²) in [7, 11) is 0. The van der Waals surface area contributed by atoms with Crippen molar-refractivity contribution in [3.8, 4) is 5.69 Å². The molecule has 1 aromatic carbocycles. The highest BCUT2D eigenvalue weighted by molar-refractivity contribution is 5.94. The number of benzene rings is 1. The maximum absolute atomic E-state index is 12.8. The highest BCUT2D eigenvalue weighted by Crippen LogP contribution is 2.16. The average molecular weight is 354 g/mol. The molecule has 3 rings (SSSR count). The van der Waals surface area contributed by atoms with Crippen molar-refractivity contribution in [2.75, 3.05) is 13.1 Å². The molecule has 1 saturated heterocycles. The van der Waals surface area contributed by atoms with Gasteiger partial charge in [0, 0.05) is 43.0 Å². The van der Waals surface area contributed by atoms with Gasteiger partial charge in [0.1, 0.15) is 0 Å². The highest BCUT2D eigenvalue weighted by atomic mass is 16.2. The third-order valence-corrected chi connectivity index (χ3v) is 4.74. The maximum Gasteiger partial charge on any atom is 0.253 e. The van der Waals surface area contributed by atoms with Crippen molar-refractivity contribution in [3.63, 3.8) is 0 Å². The predicted molar refractivity (Wildman–Crippen MR) is 100 cm³/mol. The number of hydrogen-bond acceptors (Lipinski definition) is 3. The molecule has 1 fully saturated rings. The van der Waals surface area contributed by atoms with Gasteiger partial charge in [0.05, 0.1) is 5.69 Å². The number of hydrogen-bond donors (Lipinski definition) is 1. The Bertz CT molecular complexity index is 766. The van der Waals surface area contributed by atoms with Crippen molar-refractivity contribution >= 4 is 11.8 Å². The molecule has 1 aromatic heterocycles. The number of piperidine rings is 1. The van der Waals surface area contributed by atoms with E-state index in [4.69, 9.17) is 0 Å². The molecule has 1 atom stereocenters. The zero-order chi connectivity index (χ0) is 18.5. The van der Waals surface area contributed by atoms with Crippen LogP contribution in [0, 0.1) is 6.92 Å². The van der Waals surface area contributed by atoms with Crippen LogP contribution in [0.2, 0.25) is 0 Å². The van der Waals surface area contributed by atoms with Gasteiger partial charge in [0.2, 0.25) is 5.91 Å². The molecule has 0 aliphatic carbocycles. The van der Waals surface area contributed by atoms with Crippen LogP contribution in [0.25, 0.3) is 5.69 Å². The average Bonchev–Trinajstić information content (AvgIpc) is 3.07. The minimum Gasteiger partial charge on any atom is -0.352 e. The van der Waals surface area contributed by atoms with Crippen molar-refractivity contribution in [2.24, 2.45) is 0 Å². The van der Waals surface area contributed by atoms with E-state index in [2.05, 4.69) is 10.4 Å². The molecule has 1 aliphatic rings. The first-order chi connectivity index (χ1) is 12.6. The standard InChI is InChI=1S/C20H26N4O2/c1-3-5-19(25)22-17-6-4-13-23(14-17)20(26)16-7-9-18(10-8-16)24-15(2)11-12-21-24/h7-12,17H,3-6,13-14H2,1-2H3,(H,22,25). The Hall–Kier alpha value is -2.63. The quantitative estimate of drug-likeness (QED) is 0.898. The first-order valence-corrected chi connectivity index (χ1v) is 9.28. The van der Waals surface area contributed by atoms with Gasteiger partial charge in [-0.1, -0.05) is 6.92 Å². The third-order valence-electron chi connectivity index (χ3n) is 4.74. The van der Waals surface area contributed by atoms with Crippen molar-refractivity contribution in [2.45, 2.75) is 45.6 Å². The fraction of sp³-hybridized carbons (Fsp3) is 0.450. The van der Waals surface area contributed by atoms with Gasteiger partial charge in [-0.05, 0) is 56.5 Å². The Morgan fingerprint density at radius 1 is 1.23 bits per heavy atom. The molecule has 26 heavy (non-hydrogen) atoms. The summed E-state index contributed by atoms with van der Waals surface area (Å²) in [6, 6.07) is 9.52. The topological polar surface area (TPSA) is 67.2 Å². The van der Waals surface area contributed by atoms with Gasteiger partial charge in [0.15, 0.2) is 0 Å². The maximum atomic E-state index is 12.8. The molecule has 0 spiro atoms. The second-order valence-corrected chi connectivity index (χ2v) is 6.84. The van der Waals surface area contributed by atoms with Gasteiger partial charge in [0.25, 0.3) is 5.91 Å². The number of nitrogens with zero attached hydrogens (tertiary/aromatic N) is 3. The largest absolute Gasteiger partial charge is 0.352 e. The second-order valence-electron chi connectivity index (χ2n) is 6.84. The molecule has 1 aliphatic heterocycles. The third kappa shape index (κ3) is 4.12. The number of nitrogens with one attached hydrogen (secondary N) is 1.